The molecule has 0 heterocycles. The van der Waals surface area contributed by atoms with Crippen LogP contribution in [0.3, 0.4) is 0 Å². The summed E-state index contributed by atoms with van der Waals surface area (Å²) in [6.07, 6.45) is 19.9. The van der Waals surface area contributed by atoms with Gasteiger partial charge in [0.05, 0.1) is 11.5 Å². The Morgan fingerprint density at radius 3 is 1.71 bits per heavy atom. The average molecular weight is 331 g/mol. The van der Waals surface area contributed by atoms with E-state index in [1.807, 2.05) is 0 Å². The molecule has 3 fully saturated rings. The van der Waals surface area contributed by atoms with Gasteiger partial charge in [0.25, 0.3) is 0 Å². The molecule has 0 aromatic heterocycles. The topological polar surface area (TPSA) is 35.8 Å². The number of rotatable bonds is 5. The zero-order valence-corrected chi connectivity index (χ0v) is 15.9. The third kappa shape index (κ3) is 3.14. The summed E-state index contributed by atoms with van der Waals surface area (Å²) in [5.74, 6) is 1.27. The Labute approximate surface area is 149 Å². The number of nitriles is 1. The fourth-order valence-corrected chi connectivity index (χ4v) is 6.75. The van der Waals surface area contributed by atoms with E-state index < -0.39 is 0 Å². The van der Waals surface area contributed by atoms with Crippen LogP contribution in [-0.2, 0) is 0 Å². The summed E-state index contributed by atoms with van der Waals surface area (Å²) >= 11 is 0. The third-order valence-corrected chi connectivity index (χ3v) is 7.70. The first-order chi connectivity index (χ1) is 11.8. The smallest absolute Gasteiger partial charge is 0.0811 e. The molecule has 0 bridgehead atoms. The van der Waals surface area contributed by atoms with E-state index in [-0.39, 0.29) is 11.0 Å². The highest BCUT2D eigenvalue weighted by Gasteiger charge is 2.59. The van der Waals surface area contributed by atoms with Crippen molar-refractivity contribution in [3.05, 3.63) is 0 Å². The minimum absolute atomic E-state index is 0.0960. The van der Waals surface area contributed by atoms with Crippen LogP contribution in [0.2, 0.25) is 0 Å². The lowest BCUT2D eigenvalue weighted by Gasteiger charge is -2.58. The molecule has 0 aliphatic heterocycles. The van der Waals surface area contributed by atoms with Crippen LogP contribution in [0, 0.1) is 28.6 Å². The monoisotopic (exact) mass is 330 g/mol. The first-order valence-corrected chi connectivity index (χ1v) is 11.0. The number of nitrogens with zero attached hydrogens (tertiary/aromatic N) is 1. The standard InChI is InChI=1S/C22H38N2/c1-2-24-21(16-10-5-11-17-21)22(18-23,19-12-6-3-7-13-19)20-14-8-4-9-15-20/h19-20,24H,2-17H2,1H3. The molecule has 0 aromatic carbocycles. The molecular weight excluding hydrogens is 292 g/mol. The van der Waals surface area contributed by atoms with Crippen LogP contribution >= 0.6 is 0 Å². The fourth-order valence-electron chi connectivity index (χ4n) is 6.75. The molecule has 3 saturated carbocycles. The zero-order chi connectivity index (χ0) is 16.9. The molecule has 24 heavy (non-hydrogen) atoms. The van der Waals surface area contributed by atoms with Crippen LogP contribution in [-0.4, -0.2) is 12.1 Å². The number of hydrogen-bond donors (Lipinski definition) is 1. The zero-order valence-electron chi connectivity index (χ0n) is 15.9. The molecule has 136 valence electrons. The Hall–Kier alpha value is -0.550. The van der Waals surface area contributed by atoms with Crippen molar-refractivity contribution < 1.29 is 0 Å². The summed E-state index contributed by atoms with van der Waals surface area (Å²) in [5.41, 5.74) is -0.0109. The Kier molecular flexibility index (Phi) is 6.25. The van der Waals surface area contributed by atoms with E-state index in [1.54, 1.807) is 0 Å². The highest BCUT2D eigenvalue weighted by molar-refractivity contribution is 5.21. The summed E-state index contributed by atoms with van der Waals surface area (Å²) in [4.78, 5) is 0. The van der Waals surface area contributed by atoms with E-state index in [9.17, 15) is 5.26 Å². The Balaban J connectivity index is 2.02. The predicted octanol–water partition coefficient (Wildman–Crippen LogP) is 5.97. The van der Waals surface area contributed by atoms with Gasteiger partial charge in [0.15, 0.2) is 0 Å². The van der Waals surface area contributed by atoms with Crippen molar-refractivity contribution in [2.45, 2.75) is 109 Å². The van der Waals surface area contributed by atoms with E-state index >= 15 is 0 Å². The molecule has 0 unspecified atom stereocenters. The second-order valence-electron chi connectivity index (χ2n) is 8.82. The first kappa shape index (κ1) is 18.2. The molecule has 2 nitrogen and oxygen atoms in total. The first-order valence-electron chi connectivity index (χ1n) is 11.0. The minimum Gasteiger partial charge on any atom is -0.310 e. The van der Waals surface area contributed by atoms with Crippen molar-refractivity contribution >= 4 is 0 Å². The summed E-state index contributed by atoms with van der Waals surface area (Å²) in [6.45, 7) is 3.27. The van der Waals surface area contributed by atoms with Gasteiger partial charge in [-0.2, -0.15) is 5.26 Å². The van der Waals surface area contributed by atoms with Gasteiger partial charge in [-0.15, -0.1) is 0 Å². The molecule has 3 rings (SSSR count). The van der Waals surface area contributed by atoms with Crippen molar-refractivity contribution in [2.24, 2.45) is 17.3 Å². The number of nitrogens with one attached hydrogen (secondary N) is 1. The molecule has 0 saturated heterocycles. The number of hydrogen-bond acceptors (Lipinski definition) is 2. The molecule has 0 radical (unpaired) electrons. The fraction of sp³-hybridized carbons (Fsp3) is 0.955. The van der Waals surface area contributed by atoms with Gasteiger partial charge >= 0.3 is 0 Å². The highest BCUT2D eigenvalue weighted by Crippen LogP contribution is 2.58. The van der Waals surface area contributed by atoms with Gasteiger partial charge in [-0.05, 0) is 56.9 Å². The second-order valence-corrected chi connectivity index (χ2v) is 8.82. The largest absolute Gasteiger partial charge is 0.310 e. The van der Waals surface area contributed by atoms with E-state index in [0.717, 1.165) is 6.54 Å². The molecule has 0 amide bonds. The van der Waals surface area contributed by atoms with E-state index in [4.69, 9.17) is 0 Å². The summed E-state index contributed by atoms with van der Waals surface area (Å²) < 4.78 is 0. The molecule has 0 aromatic rings. The van der Waals surface area contributed by atoms with Gasteiger partial charge in [0.1, 0.15) is 0 Å². The molecule has 0 spiro atoms. The second kappa shape index (κ2) is 8.22. The molecule has 3 aliphatic carbocycles. The van der Waals surface area contributed by atoms with Crippen LogP contribution < -0.4 is 5.32 Å². The maximum Gasteiger partial charge on any atom is 0.0811 e. The quantitative estimate of drug-likeness (QED) is 0.674. The summed E-state index contributed by atoms with van der Waals surface area (Å²) in [7, 11) is 0. The lowest BCUT2D eigenvalue weighted by atomic mass is 9.48. The van der Waals surface area contributed by atoms with Crippen LogP contribution in [0.15, 0.2) is 0 Å². The summed E-state index contributed by atoms with van der Waals surface area (Å²) in [5, 5.41) is 14.7. The van der Waals surface area contributed by atoms with Gasteiger partial charge in [-0.25, -0.2) is 0 Å². The Morgan fingerprint density at radius 2 is 1.29 bits per heavy atom. The molecule has 3 aliphatic rings. The molecule has 1 N–H and O–H groups in total. The molecule has 0 atom stereocenters. The predicted molar refractivity (Wildman–Crippen MR) is 101 cm³/mol. The van der Waals surface area contributed by atoms with Crippen molar-refractivity contribution in [2.75, 3.05) is 6.54 Å². The van der Waals surface area contributed by atoms with Crippen molar-refractivity contribution in [1.29, 1.82) is 5.26 Å². The van der Waals surface area contributed by atoms with E-state index in [0.29, 0.717) is 11.8 Å². The van der Waals surface area contributed by atoms with Crippen LogP contribution in [0.5, 0.6) is 0 Å². The molecular formula is C22H38N2. The molecule has 2 heteroatoms. The normalized spacial score (nSPS) is 26.8. The lowest BCUT2D eigenvalue weighted by Crippen LogP contribution is -2.64. The minimum atomic E-state index is -0.107. The summed E-state index contributed by atoms with van der Waals surface area (Å²) in [6, 6.07) is 3.09. The van der Waals surface area contributed by atoms with Crippen LogP contribution in [0.25, 0.3) is 0 Å². The highest BCUT2D eigenvalue weighted by atomic mass is 15.0. The SMILES string of the molecule is CCNC1(C(C#N)(C2CCCCC2)C2CCCCC2)CCCCC1. The maximum atomic E-state index is 10.7. The lowest BCUT2D eigenvalue weighted by molar-refractivity contribution is -0.0377. The van der Waals surface area contributed by atoms with Crippen LogP contribution in [0.4, 0.5) is 0 Å². The Morgan fingerprint density at radius 1 is 0.833 bits per heavy atom. The van der Waals surface area contributed by atoms with Gasteiger partial charge < -0.3 is 5.32 Å². The van der Waals surface area contributed by atoms with Crippen molar-refractivity contribution in [3.8, 4) is 6.07 Å². The Bertz CT molecular complexity index is 394. The van der Waals surface area contributed by atoms with Crippen molar-refractivity contribution in [1.82, 2.24) is 5.32 Å². The van der Waals surface area contributed by atoms with Gasteiger partial charge in [0, 0.05) is 5.54 Å². The maximum absolute atomic E-state index is 10.7. The van der Waals surface area contributed by atoms with Crippen LogP contribution in [0.1, 0.15) is 103 Å². The van der Waals surface area contributed by atoms with E-state index in [1.165, 1.54) is 96.3 Å². The van der Waals surface area contributed by atoms with Gasteiger partial charge in [0.2, 0.25) is 0 Å². The van der Waals surface area contributed by atoms with Gasteiger partial charge in [-0.3, -0.25) is 0 Å². The van der Waals surface area contributed by atoms with Crippen molar-refractivity contribution in [3.63, 3.8) is 0 Å². The van der Waals surface area contributed by atoms with Gasteiger partial charge in [-0.1, -0.05) is 64.7 Å². The van der Waals surface area contributed by atoms with E-state index in [2.05, 4.69) is 18.3 Å². The average Bonchev–Trinajstić information content (AvgIpc) is 2.66. The third-order valence-electron chi connectivity index (χ3n) is 7.70.